The van der Waals surface area contributed by atoms with Gasteiger partial charge in [-0.25, -0.2) is 0 Å². The van der Waals surface area contributed by atoms with Crippen molar-refractivity contribution < 1.29 is 22.6 Å². The summed E-state index contributed by atoms with van der Waals surface area (Å²) in [5.41, 5.74) is 2.83. The molecule has 1 N–H and O–H groups in total. The van der Waals surface area contributed by atoms with Crippen molar-refractivity contribution in [3.8, 4) is 22.6 Å². The summed E-state index contributed by atoms with van der Waals surface area (Å²) in [5.74, 6) is 0.152. The first kappa shape index (κ1) is 21.4. The lowest BCUT2D eigenvalue weighted by atomic mass is 9.99. The minimum absolute atomic E-state index is 0. The number of alkyl halides is 3. The Morgan fingerprint density at radius 1 is 0.963 bits per heavy atom. The summed E-state index contributed by atoms with van der Waals surface area (Å²) in [6.45, 7) is 4.18. The van der Waals surface area contributed by atoms with Gasteiger partial charge in [-0.1, -0.05) is 35.9 Å². The van der Waals surface area contributed by atoms with Crippen LogP contribution in [0.2, 0.25) is 0 Å². The molecule has 148 valence electrons. The lowest BCUT2D eigenvalue weighted by Crippen LogP contribution is -2.30. The number of ether oxygens (including phenoxy) is 2. The van der Waals surface area contributed by atoms with Crippen LogP contribution in [0.3, 0.4) is 0 Å². The molecule has 1 saturated heterocycles. The zero-order valence-corrected chi connectivity index (χ0v) is 15.8. The minimum atomic E-state index is -4.75. The highest BCUT2D eigenvalue weighted by Crippen LogP contribution is 2.36. The number of hydrogen-bond donors (Lipinski definition) is 1. The molecule has 7 heteroatoms. The molecule has 27 heavy (non-hydrogen) atoms. The van der Waals surface area contributed by atoms with Crippen LogP contribution in [0.5, 0.6) is 11.5 Å². The normalized spacial score (nSPS) is 15.1. The third-order valence-corrected chi connectivity index (χ3v) is 4.49. The Balaban J connectivity index is 0.00000261. The molecule has 1 aliphatic heterocycles. The minimum Gasteiger partial charge on any atom is -0.489 e. The van der Waals surface area contributed by atoms with Gasteiger partial charge in [0.25, 0.3) is 0 Å². The summed E-state index contributed by atoms with van der Waals surface area (Å²) in [4.78, 5) is 0. The predicted octanol–water partition coefficient (Wildman–Crippen LogP) is 5.36. The number of halogens is 4. The number of nitrogens with one attached hydrogen (secondary N) is 1. The van der Waals surface area contributed by atoms with Crippen molar-refractivity contribution in [1.29, 1.82) is 0 Å². The van der Waals surface area contributed by atoms with E-state index in [0.29, 0.717) is 12.5 Å². The maximum atomic E-state index is 12.7. The molecule has 1 fully saturated rings. The first-order valence-corrected chi connectivity index (χ1v) is 8.71. The molecule has 3 rings (SSSR count). The Kier molecular flexibility index (Phi) is 7.39. The summed E-state index contributed by atoms with van der Waals surface area (Å²) in [5, 5.41) is 3.26. The Morgan fingerprint density at radius 3 is 2.22 bits per heavy atom. The zero-order valence-electron chi connectivity index (χ0n) is 15.0. The lowest BCUT2D eigenvalue weighted by Gasteiger charge is -2.23. The smallest absolute Gasteiger partial charge is 0.489 e. The average Bonchev–Trinajstić information content (AvgIpc) is 2.61. The van der Waals surface area contributed by atoms with E-state index in [-0.39, 0.29) is 23.9 Å². The third kappa shape index (κ3) is 6.33. The highest BCUT2D eigenvalue weighted by molar-refractivity contribution is 5.85. The van der Waals surface area contributed by atoms with Crippen LogP contribution in [0.25, 0.3) is 11.1 Å². The molecule has 0 atom stereocenters. The van der Waals surface area contributed by atoms with Gasteiger partial charge in [0.15, 0.2) is 11.5 Å². The van der Waals surface area contributed by atoms with Crippen LogP contribution in [-0.2, 0) is 0 Å². The summed E-state index contributed by atoms with van der Waals surface area (Å²) in [6.07, 6.45) is -2.85. The van der Waals surface area contributed by atoms with E-state index < -0.39 is 6.36 Å². The van der Waals surface area contributed by atoms with E-state index in [0.717, 1.165) is 42.6 Å². The van der Waals surface area contributed by atoms with Crippen LogP contribution in [0, 0.1) is 12.8 Å². The predicted molar refractivity (Wildman–Crippen MR) is 102 cm³/mol. The molecule has 0 saturated carbocycles. The van der Waals surface area contributed by atoms with Crippen LogP contribution >= 0.6 is 12.4 Å². The maximum Gasteiger partial charge on any atom is 0.573 e. The second-order valence-corrected chi connectivity index (χ2v) is 6.58. The van der Waals surface area contributed by atoms with Crippen molar-refractivity contribution >= 4 is 12.4 Å². The van der Waals surface area contributed by atoms with Crippen molar-refractivity contribution in [2.45, 2.75) is 26.1 Å². The number of benzene rings is 2. The molecule has 0 aromatic heterocycles. The maximum absolute atomic E-state index is 12.7. The standard InChI is InChI=1S/C20H22F3NO2.ClH/c1-14-2-4-16(5-3-14)17-6-7-18(26-20(21,22)23)19(12-17)25-13-15-8-10-24-11-9-15;/h2-7,12,15,24H,8-11,13H2,1H3;1H. The molecule has 1 aliphatic rings. The molecule has 3 nitrogen and oxygen atoms in total. The van der Waals surface area contributed by atoms with Crippen LogP contribution in [0.1, 0.15) is 18.4 Å². The van der Waals surface area contributed by atoms with Crippen molar-refractivity contribution in [2.75, 3.05) is 19.7 Å². The second-order valence-electron chi connectivity index (χ2n) is 6.58. The number of aryl methyl sites for hydroxylation is 1. The van der Waals surface area contributed by atoms with E-state index in [4.69, 9.17) is 4.74 Å². The van der Waals surface area contributed by atoms with Crippen LogP contribution in [-0.4, -0.2) is 26.1 Å². The molecule has 0 bridgehead atoms. The Bertz CT molecular complexity index is 729. The fraction of sp³-hybridized carbons (Fsp3) is 0.400. The van der Waals surface area contributed by atoms with Gasteiger partial charge in [0.2, 0.25) is 0 Å². The van der Waals surface area contributed by atoms with E-state index in [1.54, 1.807) is 12.1 Å². The molecule has 0 aliphatic carbocycles. The van der Waals surface area contributed by atoms with Gasteiger partial charge >= 0.3 is 6.36 Å². The molecule has 0 spiro atoms. The van der Waals surface area contributed by atoms with Gasteiger partial charge in [0.1, 0.15) is 0 Å². The SMILES string of the molecule is Cc1ccc(-c2ccc(OC(F)(F)F)c(OCC3CCNCC3)c2)cc1.Cl. The fourth-order valence-electron chi connectivity index (χ4n) is 3.01. The summed E-state index contributed by atoms with van der Waals surface area (Å²) >= 11 is 0. The molecule has 0 amide bonds. The van der Waals surface area contributed by atoms with Crippen molar-refractivity contribution in [2.24, 2.45) is 5.92 Å². The number of piperidine rings is 1. The quantitative estimate of drug-likeness (QED) is 0.731. The van der Waals surface area contributed by atoms with E-state index in [1.807, 2.05) is 31.2 Å². The second kappa shape index (κ2) is 9.33. The Morgan fingerprint density at radius 2 is 1.59 bits per heavy atom. The summed E-state index contributed by atoms with van der Waals surface area (Å²) in [6, 6.07) is 12.4. The molecular formula is C20H23ClF3NO2. The van der Waals surface area contributed by atoms with Crippen molar-refractivity contribution in [3.05, 3.63) is 48.0 Å². The highest BCUT2D eigenvalue weighted by atomic mass is 35.5. The van der Waals surface area contributed by atoms with Gasteiger partial charge < -0.3 is 14.8 Å². The van der Waals surface area contributed by atoms with E-state index in [9.17, 15) is 13.2 Å². The zero-order chi connectivity index (χ0) is 18.6. The van der Waals surface area contributed by atoms with Gasteiger partial charge in [-0.3, -0.25) is 0 Å². The fourth-order valence-corrected chi connectivity index (χ4v) is 3.01. The molecule has 0 unspecified atom stereocenters. The Hall–Kier alpha value is -1.92. The van der Waals surface area contributed by atoms with Crippen molar-refractivity contribution in [3.63, 3.8) is 0 Å². The van der Waals surface area contributed by atoms with Crippen LogP contribution in [0.15, 0.2) is 42.5 Å². The van der Waals surface area contributed by atoms with E-state index in [2.05, 4.69) is 10.1 Å². The van der Waals surface area contributed by atoms with E-state index >= 15 is 0 Å². The first-order chi connectivity index (χ1) is 12.4. The van der Waals surface area contributed by atoms with Gasteiger partial charge in [-0.2, -0.15) is 0 Å². The lowest BCUT2D eigenvalue weighted by molar-refractivity contribution is -0.275. The average molecular weight is 402 g/mol. The van der Waals surface area contributed by atoms with Crippen LogP contribution < -0.4 is 14.8 Å². The monoisotopic (exact) mass is 401 g/mol. The van der Waals surface area contributed by atoms with Gasteiger partial charge in [0.05, 0.1) is 6.61 Å². The molecule has 2 aromatic carbocycles. The first-order valence-electron chi connectivity index (χ1n) is 8.71. The molecule has 1 heterocycles. The number of hydrogen-bond acceptors (Lipinski definition) is 3. The largest absolute Gasteiger partial charge is 0.573 e. The van der Waals surface area contributed by atoms with Gasteiger partial charge in [-0.15, -0.1) is 25.6 Å². The van der Waals surface area contributed by atoms with E-state index in [1.165, 1.54) is 6.07 Å². The summed E-state index contributed by atoms with van der Waals surface area (Å²) in [7, 11) is 0. The molecule has 2 aromatic rings. The highest BCUT2D eigenvalue weighted by Gasteiger charge is 2.32. The number of rotatable bonds is 5. The molecular weight excluding hydrogens is 379 g/mol. The Labute approximate surface area is 163 Å². The third-order valence-electron chi connectivity index (χ3n) is 4.49. The topological polar surface area (TPSA) is 30.5 Å². The van der Waals surface area contributed by atoms with Gasteiger partial charge in [0, 0.05) is 0 Å². The van der Waals surface area contributed by atoms with Crippen molar-refractivity contribution in [1.82, 2.24) is 5.32 Å². The summed E-state index contributed by atoms with van der Waals surface area (Å²) < 4.78 is 48.0. The van der Waals surface area contributed by atoms with Gasteiger partial charge in [-0.05, 0) is 62.0 Å². The molecule has 0 radical (unpaired) electrons. The van der Waals surface area contributed by atoms with Crippen LogP contribution in [0.4, 0.5) is 13.2 Å².